The molecule has 0 unspecified atom stereocenters. The summed E-state index contributed by atoms with van der Waals surface area (Å²) in [4.78, 5) is 0. The van der Waals surface area contributed by atoms with E-state index < -0.39 is 0 Å². The topological polar surface area (TPSA) is 18.5 Å². The van der Waals surface area contributed by atoms with Gasteiger partial charge in [-0.2, -0.15) is 0 Å². The number of hydrogen-bond donors (Lipinski definition) is 0. The van der Waals surface area contributed by atoms with Gasteiger partial charge >= 0.3 is 0 Å². The lowest BCUT2D eigenvalue weighted by Gasteiger charge is -2.35. The van der Waals surface area contributed by atoms with Crippen LogP contribution in [0.1, 0.15) is 12.8 Å². The number of para-hydroxylation sites is 1. The molecule has 0 aromatic heterocycles. The molecule has 0 bridgehead atoms. The Balaban J connectivity index is 1.18. The van der Waals surface area contributed by atoms with Crippen LogP contribution in [0.15, 0.2) is 175 Å². The molecule has 11 rings (SSSR count). The Hall–Kier alpha value is -6.32. The Labute approximate surface area is 297 Å². The van der Waals surface area contributed by atoms with Gasteiger partial charge in [0.05, 0.1) is 0 Å². The first kappa shape index (κ1) is 28.5. The minimum absolute atomic E-state index is 0.130. The van der Waals surface area contributed by atoms with Crippen LogP contribution in [0.25, 0.3) is 65.7 Å². The van der Waals surface area contributed by atoms with Gasteiger partial charge in [-0.3, -0.25) is 0 Å². The van der Waals surface area contributed by atoms with Crippen molar-refractivity contribution in [1.82, 2.24) is 0 Å². The molecule has 8 aromatic carbocycles. The molecule has 3 aliphatic rings. The SMILES string of the molecule is C1=CC2=C(CC1)B1c3ccccc3Oc3cc(-c4c5ccccc5c(-c5ccc(-c6ccccc6)c6ccccc56)c5ccccc45)cc(c31)O2. The van der Waals surface area contributed by atoms with E-state index in [9.17, 15) is 0 Å². The molecule has 8 aromatic rings. The van der Waals surface area contributed by atoms with Gasteiger partial charge in [0.25, 0.3) is 6.71 Å². The highest BCUT2D eigenvalue weighted by molar-refractivity contribution is 6.93. The molecule has 51 heavy (non-hydrogen) atoms. The van der Waals surface area contributed by atoms with E-state index in [-0.39, 0.29) is 6.71 Å². The Kier molecular flexibility index (Phi) is 6.21. The highest BCUT2D eigenvalue weighted by Gasteiger charge is 2.41. The van der Waals surface area contributed by atoms with Crippen LogP contribution in [0, 0.1) is 0 Å². The maximum Gasteiger partial charge on any atom is 0.256 e. The predicted octanol–water partition coefficient (Wildman–Crippen LogP) is 11.4. The minimum Gasteiger partial charge on any atom is -0.459 e. The van der Waals surface area contributed by atoms with Gasteiger partial charge in [0.2, 0.25) is 0 Å². The normalized spacial score (nSPS) is 14.2. The number of allylic oxidation sites excluding steroid dienone is 3. The molecule has 0 saturated carbocycles. The highest BCUT2D eigenvalue weighted by Crippen LogP contribution is 2.48. The zero-order valence-electron chi connectivity index (χ0n) is 27.9. The molecule has 3 heteroatoms. The maximum atomic E-state index is 6.79. The van der Waals surface area contributed by atoms with Crippen molar-refractivity contribution in [3.05, 3.63) is 175 Å². The van der Waals surface area contributed by atoms with Gasteiger partial charge in [-0.05, 0) is 114 Å². The molecular weight excluding hydrogens is 619 g/mol. The molecule has 0 N–H and O–H groups in total. The lowest BCUT2D eigenvalue weighted by Crippen LogP contribution is -2.51. The van der Waals surface area contributed by atoms with Crippen LogP contribution in [0.5, 0.6) is 17.2 Å². The van der Waals surface area contributed by atoms with Crippen molar-refractivity contribution in [2.75, 3.05) is 0 Å². The summed E-state index contributed by atoms with van der Waals surface area (Å²) in [5.74, 6) is 3.67. The van der Waals surface area contributed by atoms with Gasteiger partial charge < -0.3 is 9.47 Å². The lowest BCUT2D eigenvalue weighted by atomic mass is 9.33. The second kappa shape index (κ2) is 11.1. The van der Waals surface area contributed by atoms with Crippen molar-refractivity contribution >= 4 is 50.0 Å². The van der Waals surface area contributed by atoms with Crippen molar-refractivity contribution in [3.63, 3.8) is 0 Å². The zero-order chi connectivity index (χ0) is 33.5. The molecule has 0 fully saturated rings. The first-order chi connectivity index (χ1) is 25.3. The van der Waals surface area contributed by atoms with E-state index in [1.54, 1.807) is 0 Å². The van der Waals surface area contributed by atoms with Crippen molar-refractivity contribution in [2.45, 2.75) is 12.8 Å². The van der Waals surface area contributed by atoms with Crippen molar-refractivity contribution < 1.29 is 9.47 Å². The van der Waals surface area contributed by atoms with Crippen LogP contribution in [0.3, 0.4) is 0 Å². The average molecular weight is 651 g/mol. The molecule has 2 nitrogen and oxygen atoms in total. The third-order valence-corrected chi connectivity index (χ3v) is 11.1. The first-order valence-corrected chi connectivity index (χ1v) is 17.9. The first-order valence-electron chi connectivity index (χ1n) is 17.9. The number of benzene rings is 8. The summed E-state index contributed by atoms with van der Waals surface area (Å²) in [6.07, 6.45) is 6.41. The summed E-state index contributed by atoms with van der Waals surface area (Å²) in [6.45, 7) is 0.130. The van der Waals surface area contributed by atoms with E-state index in [1.165, 1.54) is 71.1 Å². The predicted molar refractivity (Wildman–Crippen MR) is 213 cm³/mol. The molecule has 238 valence electrons. The second-order valence-electron chi connectivity index (χ2n) is 13.8. The van der Waals surface area contributed by atoms with Gasteiger partial charge in [-0.15, -0.1) is 0 Å². The highest BCUT2D eigenvalue weighted by atomic mass is 16.5. The molecule has 2 heterocycles. The third-order valence-electron chi connectivity index (χ3n) is 11.1. The number of fused-ring (bicyclic) bond motifs is 6. The summed E-state index contributed by atoms with van der Waals surface area (Å²) in [7, 11) is 0. The van der Waals surface area contributed by atoms with E-state index in [0.717, 1.165) is 46.9 Å². The summed E-state index contributed by atoms with van der Waals surface area (Å²) in [5.41, 5.74) is 10.9. The third kappa shape index (κ3) is 4.25. The smallest absolute Gasteiger partial charge is 0.256 e. The standard InChI is InChI=1S/C48H31BO2/c1-2-14-30(15-3-1)32-26-27-39(34-17-5-4-16-33(32)34)47-37-20-8-6-18-35(37)46(36-19-7-9-21-38(36)47)31-28-44-48-45(29-31)51-43-25-13-11-23-41(43)49(48)40-22-10-12-24-42(40)50-44/h1-10,12-22,24-29H,11,23H2. The largest absolute Gasteiger partial charge is 0.459 e. The van der Waals surface area contributed by atoms with Gasteiger partial charge in [0, 0.05) is 5.46 Å². The van der Waals surface area contributed by atoms with Crippen molar-refractivity contribution in [3.8, 4) is 50.6 Å². The molecule has 0 radical (unpaired) electrons. The van der Waals surface area contributed by atoms with Crippen molar-refractivity contribution in [2.24, 2.45) is 0 Å². The Morgan fingerprint density at radius 3 is 1.75 bits per heavy atom. The average Bonchev–Trinajstić information content (AvgIpc) is 3.19. The molecule has 0 saturated heterocycles. The molecule has 0 spiro atoms. The van der Waals surface area contributed by atoms with Crippen LogP contribution in [-0.2, 0) is 0 Å². The lowest BCUT2D eigenvalue weighted by molar-refractivity contribution is 0.428. The minimum atomic E-state index is 0.130. The van der Waals surface area contributed by atoms with E-state index in [0.29, 0.717) is 0 Å². The Morgan fingerprint density at radius 2 is 1.02 bits per heavy atom. The van der Waals surface area contributed by atoms with Crippen molar-refractivity contribution in [1.29, 1.82) is 0 Å². The number of rotatable bonds is 3. The fraction of sp³-hybridized carbons (Fsp3) is 0.0417. The van der Waals surface area contributed by atoms with Crippen LogP contribution >= 0.6 is 0 Å². The van der Waals surface area contributed by atoms with Gasteiger partial charge in [0.15, 0.2) is 0 Å². The monoisotopic (exact) mass is 650 g/mol. The van der Waals surface area contributed by atoms with E-state index >= 15 is 0 Å². The van der Waals surface area contributed by atoms with Gasteiger partial charge in [0.1, 0.15) is 23.0 Å². The second-order valence-corrected chi connectivity index (χ2v) is 13.8. The Morgan fingerprint density at radius 1 is 0.451 bits per heavy atom. The summed E-state index contributed by atoms with van der Waals surface area (Å²) >= 11 is 0. The quantitative estimate of drug-likeness (QED) is 0.140. The zero-order valence-corrected chi connectivity index (χ0v) is 27.9. The summed E-state index contributed by atoms with van der Waals surface area (Å²) in [5, 5.41) is 7.35. The van der Waals surface area contributed by atoms with Gasteiger partial charge in [-0.25, -0.2) is 0 Å². The number of ether oxygens (including phenoxy) is 2. The number of hydrogen-bond acceptors (Lipinski definition) is 2. The maximum absolute atomic E-state index is 6.79. The fourth-order valence-electron chi connectivity index (χ4n) is 8.93. The molecular formula is C48H31BO2. The summed E-state index contributed by atoms with van der Waals surface area (Å²) in [6, 6.07) is 54.9. The van der Waals surface area contributed by atoms with Crippen LogP contribution in [0.2, 0.25) is 0 Å². The summed E-state index contributed by atoms with van der Waals surface area (Å²) < 4.78 is 13.5. The molecule has 2 aliphatic heterocycles. The van der Waals surface area contributed by atoms with E-state index in [4.69, 9.17) is 9.47 Å². The molecule has 1 aliphatic carbocycles. The van der Waals surface area contributed by atoms with Crippen LogP contribution in [0.4, 0.5) is 0 Å². The molecule has 0 atom stereocenters. The van der Waals surface area contributed by atoms with Gasteiger partial charge in [-0.1, -0.05) is 140 Å². The molecule has 0 amide bonds. The van der Waals surface area contributed by atoms with E-state index in [2.05, 4.69) is 164 Å². The van der Waals surface area contributed by atoms with Crippen LogP contribution in [-0.4, -0.2) is 6.71 Å². The van der Waals surface area contributed by atoms with Crippen LogP contribution < -0.4 is 20.4 Å². The fourth-order valence-corrected chi connectivity index (χ4v) is 8.93. The van der Waals surface area contributed by atoms with E-state index in [1.807, 2.05) is 0 Å². The Bertz CT molecular complexity index is 2750.